The summed E-state index contributed by atoms with van der Waals surface area (Å²) in [5.41, 5.74) is 8.34. The number of carbonyl (C=O) groups excluding carboxylic acids is 1. The average Bonchev–Trinajstić information content (AvgIpc) is 3.13. The monoisotopic (exact) mass is 404 g/mol. The minimum Gasteiger partial charge on any atom is -0.496 e. The lowest BCUT2D eigenvalue weighted by Gasteiger charge is -2.15. The SMILES string of the molecule is COC(=O)c1cc(=O)n(Cc2ccccc2OC)n2c(N)nc(-c3ccccc3)c12. The first kappa shape index (κ1) is 19.3. The number of ether oxygens (including phenoxy) is 2. The normalized spacial score (nSPS) is 10.9. The third-order valence-corrected chi connectivity index (χ3v) is 4.86. The number of esters is 1. The van der Waals surface area contributed by atoms with E-state index in [-0.39, 0.29) is 18.1 Å². The molecule has 0 radical (unpaired) electrons. The van der Waals surface area contributed by atoms with Crippen LogP contribution in [-0.2, 0) is 11.3 Å². The van der Waals surface area contributed by atoms with E-state index in [1.165, 1.54) is 22.4 Å². The van der Waals surface area contributed by atoms with Crippen LogP contribution in [0.2, 0.25) is 0 Å². The largest absolute Gasteiger partial charge is 0.496 e. The first-order valence-corrected chi connectivity index (χ1v) is 9.22. The summed E-state index contributed by atoms with van der Waals surface area (Å²) in [6, 6.07) is 17.9. The van der Waals surface area contributed by atoms with Crippen LogP contribution in [0.5, 0.6) is 5.75 Å². The maximum absolute atomic E-state index is 13.0. The molecule has 2 aromatic heterocycles. The Morgan fingerprint density at radius 2 is 1.77 bits per heavy atom. The minimum absolute atomic E-state index is 0.0848. The van der Waals surface area contributed by atoms with Gasteiger partial charge in [0, 0.05) is 17.2 Å². The van der Waals surface area contributed by atoms with Crippen LogP contribution < -0.4 is 16.0 Å². The number of rotatable bonds is 5. The number of benzene rings is 2. The Kier molecular flexibility index (Phi) is 4.97. The van der Waals surface area contributed by atoms with Gasteiger partial charge < -0.3 is 15.2 Å². The molecule has 8 heteroatoms. The Bertz CT molecular complexity index is 1290. The van der Waals surface area contributed by atoms with Gasteiger partial charge in [-0.2, -0.15) is 0 Å². The van der Waals surface area contributed by atoms with E-state index in [2.05, 4.69) is 4.98 Å². The topological polar surface area (TPSA) is 101 Å². The lowest BCUT2D eigenvalue weighted by atomic mass is 10.1. The van der Waals surface area contributed by atoms with Crippen LogP contribution in [0.1, 0.15) is 15.9 Å². The number of aromatic nitrogens is 3. The van der Waals surface area contributed by atoms with Crippen molar-refractivity contribution in [3.8, 4) is 17.0 Å². The molecule has 2 heterocycles. The van der Waals surface area contributed by atoms with E-state index in [9.17, 15) is 9.59 Å². The van der Waals surface area contributed by atoms with Crippen LogP contribution in [-0.4, -0.2) is 34.4 Å². The Balaban J connectivity index is 2.03. The highest BCUT2D eigenvalue weighted by Gasteiger charge is 2.23. The second-order valence-corrected chi connectivity index (χ2v) is 6.60. The summed E-state index contributed by atoms with van der Waals surface area (Å²) in [4.78, 5) is 29.9. The zero-order valence-corrected chi connectivity index (χ0v) is 16.5. The molecule has 4 aromatic rings. The van der Waals surface area contributed by atoms with Crippen LogP contribution in [0.15, 0.2) is 65.5 Å². The van der Waals surface area contributed by atoms with E-state index in [1.807, 2.05) is 54.6 Å². The Morgan fingerprint density at radius 3 is 2.47 bits per heavy atom. The second-order valence-electron chi connectivity index (χ2n) is 6.60. The molecule has 30 heavy (non-hydrogen) atoms. The Labute approximate surface area is 172 Å². The number of carbonyl (C=O) groups is 1. The van der Waals surface area contributed by atoms with E-state index < -0.39 is 11.5 Å². The lowest BCUT2D eigenvalue weighted by Crippen LogP contribution is -2.29. The van der Waals surface area contributed by atoms with Crippen molar-refractivity contribution in [2.75, 3.05) is 20.0 Å². The number of imidazole rings is 1. The molecule has 4 rings (SSSR count). The van der Waals surface area contributed by atoms with Gasteiger partial charge in [0.1, 0.15) is 17.0 Å². The summed E-state index contributed by atoms with van der Waals surface area (Å²) in [6.45, 7) is 0.176. The highest BCUT2D eigenvalue weighted by atomic mass is 16.5. The van der Waals surface area contributed by atoms with Gasteiger partial charge in [-0.05, 0) is 6.07 Å². The number of para-hydroxylation sites is 1. The van der Waals surface area contributed by atoms with Gasteiger partial charge >= 0.3 is 5.97 Å². The Hall–Kier alpha value is -4.07. The molecular weight excluding hydrogens is 384 g/mol. The summed E-state index contributed by atoms with van der Waals surface area (Å²) in [6.07, 6.45) is 0. The summed E-state index contributed by atoms with van der Waals surface area (Å²) in [5.74, 6) is 0.0804. The average molecular weight is 404 g/mol. The number of nitrogens with two attached hydrogens (primary N) is 1. The fraction of sp³-hybridized carbons (Fsp3) is 0.136. The number of anilines is 1. The van der Waals surface area contributed by atoms with E-state index in [0.717, 1.165) is 11.1 Å². The maximum Gasteiger partial charge on any atom is 0.340 e. The number of methoxy groups -OCH3 is 2. The molecule has 2 N–H and O–H groups in total. The molecule has 0 aliphatic rings. The molecule has 152 valence electrons. The van der Waals surface area contributed by atoms with Crippen molar-refractivity contribution >= 4 is 17.4 Å². The van der Waals surface area contributed by atoms with E-state index in [4.69, 9.17) is 15.2 Å². The van der Waals surface area contributed by atoms with Gasteiger partial charge in [0.05, 0.1) is 26.3 Å². The van der Waals surface area contributed by atoms with E-state index >= 15 is 0 Å². The first-order valence-electron chi connectivity index (χ1n) is 9.22. The second kappa shape index (κ2) is 7.75. The van der Waals surface area contributed by atoms with Crippen molar-refractivity contribution in [2.24, 2.45) is 0 Å². The summed E-state index contributed by atoms with van der Waals surface area (Å²) < 4.78 is 13.2. The highest BCUT2D eigenvalue weighted by molar-refractivity contribution is 6.01. The van der Waals surface area contributed by atoms with Crippen LogP contribution in [0.25, 0.3) is 16.8 Å². The van der Waals surface area contributed by atoms with Crippen molar-refractivity contribution in [3.63, 3.8) is 0 Å². The molecule has 0 saturated carbocycles. The number of nitrogen functional groups attached to an aromatic ring is 1. The van der Waals surface area contributed by atoms with Crippen LogP contribution in [0.4, 0.5) is 5.95 Å². The molecule has 2 aromatic carbocycles. The molecule has 0 fully saturated rings. The predicted octanol–water partition coefficient (Wildman–Crippen LogP) is 2.59. The minimum atomic E-state index is -0.640. The molecule has 0 atom stereocenters. The summed E-state index contributed by atoms with van der Waals surface area (Å²) in [7, 11) is 2.83. The van der Waals surface area contributed by atoms with Crippen molar-refractivity contribution in [3.05, 3.63) is 82.1 Å². The molecule has 0 amide bonds. The zero-order chi connectivity index (χ0) is 21.3. The van der Waals surface area contributed by atoms with Gasteiger partial charge in [-0.15, -0.1) is 0 Å². The van der Waals surface area contributed by atoms with Crippen LogP contribution >= 0.6 is 0 Å². The quantitative estimate of drug-likeness (QED) is 0.513. The van der Waals surface area contributed by atoms with Gasteiger partial charge in [0.15, 0.2) is 0 Å². The zero-order valence-electron chi connectivity index (χ0n) is 16.5. The summed E-state index contributed by atoms with van der Waals surface area (Å²) in [5, 5.41) is 0. The smallest absolute Gasteiger partial charge is 0.340 e. The molecule has 0 aliphatic carbocycles. The third-order valence-electron chi connectivity index (χ3n) is 4.86. The number of hydrogen-bond donors (Lipinski definition) is 1. The lowest BCUT2D eigenvalue weighted by molar-refractivity contribution is 0.0602. The van der Waals surface area contributed by atoms with Gasteiger partial charge in [-0.25, -0.2) is 19.0 Å². The standard InChI is InChI=1S/C22H20N4O4/c1-29-17-11-7-6-10-15(17)13-25-18(27)12-16(21(28)30-2)20-19(24-22(23)26(20)25)14-8-4-3-5-9-14/h3-12H,13H2,1-2H3,(H2,23,24). The summed E-state index contributed by atoms with van der Waals surface area (Å²) >= 11 is 0. The van der Waals surface area contributed by atoms with Crippen molar-refractivity contribution in [2.45, 2.75) is 6.54 Å². The maximum atomic E-state index is 13.0. The molecule has 8 nitrogen and oxygen atoms in total. The molecule has 0 bridgehead atoms. The number of nitrogens with zero attached hydrogens (tertiary/aromatic N) is 3. The molecule has 0 saturated heterocycles. The molecule has 0 aliphatic heterocycles. The van der Waals surface area contributed by atoms with Crippen molar-refractivity contribution < 1.29 is 14.3 Å². The fourth-order valence-electron chi connectivity index (χ4n) is 3.49. The van der Waals surface area contributed by atoms with Crippen LogP contribution in [0, 0.1) is 0 Å². The van der Waals surface area contributed by atoms with E-state index in [1.54, 1.807) is 7.11 Å². The molecular formula is C22H20N4O4. The number of fused-ring (bicyclic) bond motifs is 1. The van der Waals surface area contributed by atoms with Crippen molar-refractivity contribution in [1.29, 1.82) is 0 Å². The Morgan fingerprint density at radius 1 is 1.07 bits per heavy atom. The highest BCUT2D eigenvalue weighted by Crippen LogP contribution is 2.29. The van der Waals surface area contributed by atoms with E-state index in [0.29, 0.717) is 17.0 Å². The van der Waals surface area contributed by atoms with Crippen LogP contribution in [0.3, 0.4) is 0 Å². The van der Waals surface area contributed by atoms with Gasteiger partial charge in [-0.3, -0.25) is 4.79 Å². The predicted molar refractivity (Wildman–Crippen MR) is 113 cm³/mol. The van der Waals surface area contributed by atoms with Crippen molar-refractivity contribution in [1.82, 2.24) is 14.2 Å². The fourth-order valence-corrected chi connectivity index (χ4v) is 3.49. The first-order chi connectivity index (χ1) is 14.5. The molecule has 0 spiro atoms. The van der Waals surface area contributed by atoms with Gasteiger partial charge in [-0.1, -0.05) is 48.5 Å². The van der Waals surface area contributed by atoms with Gasteiger partial charge in [0.2, 0.25) is 5.95 Å². The molecule has 0 unspecified atom stereocenters. The van der Waals surface area contributed by atoms with Gasteiger partial charge in [0.25, 0.3) is 5.56 Å². The third kappa shape index (κ3) is 3.18. The number of hydrogen-bond acceptors (Lipinski definition) is 6.